The highest BCUT2D eigenvalue weighted by Gasteiger charge is 2.23. The second-order valence-electron chi connectivity index (χ2n) is 5.80. The maximum absolute atomic E-state index is 3.28. The lowest BCUT2D eigenvalue weighted by Gasteiger charge is -2.29. The van der Waals surface area contributed by atoms with E-state index in [9.17, 15) is 0 Å². The van der Waals surface area contributed by atoms with Gasteiger partial charge in [-0.2, -0.15) is 0 Å². The van der Waals surface area contributed by atoms with Gasteiger partial charge in [-0.3, -0.25) is 0 Å². The molecule has 0 bridgehead atoms. The van der Waals surface area contributed by atoms with Gasteiger partial charge in [-0.05, 0) is 42.8 Å². The van der Waals surface area contributed by atoms with Crippen molar-refractivity contribution < 1.29 is 0 Å². The molecule has 0 spiro atoms. The fourth-order valence-electron chi connectivity index (χ4n) is 3.16. The third-order valence-corrected chi connectivity index (χ3v) is 8.43. The molecule has 0 unspecified atom stereocenters. The Labute approximate surface area is 145 Å². The van der Waals surface area contributed by atoms with Crippen molar-refractivity contribution in [1.29, 1.82) is 0 Å². The molecular formula is C22H24NP. The first-order valence-corrected chi connectivity index (χ1v) is 10.3. The van der Waals surface area contributed by atoms with E-state index in [0.29, 0.717) is 0 Å². The Kier molecular flexibility index (Phi) is 5.69. The maximum atomic E-state index is 3.28. The van der Waals surface area contributed by atoms with Crippen molar-refractivity contribution in [3.05, 3.63) is 91.0 Å². The molecule has 1 nitrogen and oxygen atoms in total. The Morgan fingerprint density at radius 1 is 0.667 bits per heavy atom. The fourth-order valence-corrected chi connectivity index (χ4v) is 7.13. The first kappa shape index (κ1) is 16.8. The zero-order valence-corrected chi connectivity index (χ0v) is 15.0. The topological polar surface area (TPSA) is 12.0 Å². The van der Waals surface area contributed by atoms with Gasteiger partial charge in [0.1, 0.15) is 0 Å². The average molecular weight is 333 g/mol. The Morgan fingerprint density at radius 2 is 1.04 bits per heavy atom. The van der Waals surface area contributed by atoms with Crippen LogP contribution in [0.5, 0.6) is 0 Å². The number of rotatable bonds is 6. The minimum absolute atomic E-state index is 0.994. The molecule has 1 N–H and O–H groups in total. The Hall–Kier alpha value is -2.08. The lowest BCUT2D eigenvalue weighted by Crippen LogP contribution is -2.27. The highest BCUT2D eigenvalue weighted by Crippen LogP contribution is 2.43. The van der Waals surface area contributed by atoms with Gasteiger partial charge in [0, 0.05) is 0 Å². The van der Waals surface area contributed by atoms with E-state index < -0.39 is 6.89 Å². The molecular weight excluding hydrogens is 309 g/mol. The summed E-state index contributed by atoms with van der Waals surface area (Å²) in [6.45, 7) is -0.754. The van der Waals surface area contributed by atoms with Crippen LogP contribution in [0.15, 0.2) is 91.0 Å². The van der Waals surface area contributed by atoms with Crippen molar-refractivity contribution in [2.45, 2.75) is 6.42 Å². The summed E-state index contributed by atoms with van der Waals surface area (Å²) in [5, 5.41) is 7.53. The predicted molar refractivity (Wildman–Crippen MR) is 110 cm³/mol. The largest absolute Gasteiger partial charge is 0.319 e. The molecule has 0 aliphatic heterocycles. The molecule has 3 aromatic rings. The molecule has 0 heterocycles. The van der Waals surface area contributed by atoms with Gasteiger partial charge in [0.15, 0.2) is 0 Å². The maximum Gasteiger partial charge on any atom is -0.00166 e. The molecule has 0 fully saturated rings. The quantitative estimate of drug-likeness (QED) is 0.539. The normalized spacial score (nSPS) is 11.2. The zero-order chi connectivity index (χ0) is 16.7. The number of nitrogens with one attached hydrogen (secondary N) is 1. The van der Waals surface area contributed by atoms with E-state index in [1.165, 1.54) is 15.9 Å². The smallest absolute Gasteiger partial charge is 0.00166 e. The number of benzene rings is 3. The van der Waals surface area contributed by atoms with Crippen LogP contribution < -0.4 is 21.2 Å². The standard InChI is InChI=1S/C22H24NP/c1-23-18-11-19-24(20-12-5-2-6-13-20,21-14-7-3-8-15-21)22-16-9-4-10-17-22/h2-10,12-17,19,23H,11,18H2,1H3. The third kappa shape index (κ3) is 3.38. The van der Waals surface area contributed by atoms with Crippen molar-refractivity contribution in [2.24, 2.45) is 0 Å². The summed E-state index contributed by atoms with van der Waals surface area (Å²) in [5.74, 6) is 2.56. The van der Waals surface area contributed by atoms with E-state index in [2.05, 4.69) is 102 Å². The highest BCUT2D eigenvalue weighted by molar-refractivity contribution is 7.94. The van der Waals surface area contributed by atoms with E-state index in [4.69, 9.17) is 0 Å². The second-order valence-corrected chi connectivity index (χ2v) is 9.16. The Balaban J connectivity index is 2.31. The molecule has 2 heteroatoms. The van der Waals surface area contributed by atoms with E-state index in [1.54, 1.807) is 0 Å². The van der Waals surface area contributed by atoms with E-state index >= 15 is 0 Å². The summed E-state index contributed by atoms with van der Waals surface area (Å²) in [4.78, 5) is 0. The number of hydrogen-bond acceptors (Lipinski definition) is 1. The Morgan fingerprint density at radius 3 is 1.38 bits per heavy atom. The van der Waals surface area contributed by atoms with Crippen LogP contribution in [-0.4, -0.2) is 19.4 Å². The number of hydrogen-bond donors (Lipinski definition) is 1. The van der Waals surface area contributed by atoms with Crippen molar-refractivity contribution in [1.82, 2.24) is 5.32 Å². The van der Waals surface area contributed by atoms with Crippen LogP contribution in [0.4, 0.5) is 0 Å². The molecule has 0 aliphatic rings. The lowest BCUT2D eigenvalue weighted by molar-refractivity contribution is 0.833. The van der Waals surface area contributed by atoms with Gasteiger partial charge in [0.2, 0.25) is 0 Å². The first-order chi connectivity index (χ1) is 11.9. The Bertz CT molecular complexity index is 692. The van der Waals surface area contributed by atoms with Crippen LogP contribution in [-0.2, 0) is 0 Å². The summed E-state index contributed by atoms with van der Waals surface area (Å²) in [6, 6.07) is 32.9. The molecule has 122 valence electrons. The molecule has 0 radical (unpaired) electrons. The molecule has 0 aliphatic carbocycles. The van der Waals surface area contributed by atoms with Crippen LogP contribution >= 0.6 is 6.89 Å². The van der Waals surface area contributed by atoms with E-state index in [0.717, 1.165) is 13.0 Å². The third-order valence-electron chi connectivity index (χ3n) is 4.29. The van der Waals surface area contributed by atoms with Crippen LogP contribution in [0.1, 0.15) is 6.42 Å². The summed E-state index contributed by atoms with van der Waals surface area (Å²) in [7, 11) is 2.02. The SMILES string of the molecule is CNCCC=P(c1ccccc1)(c1ccccc1)c1ccccc1. The fraction of sp³-hybridized carbons (Fsp3) is 0.136. The predicted octanol–water partition coefficient (Wildman–Crippen LogP) is 3.39. The molecule has 0 saturated heterocycles. The van der Waals surface area contributed by atoms with Gasteiger partial charge in [-0.25, -0.2) is 0 Å². The summed E-state index contributed by atoms with van der Waals surface area (Å²) < 4.78 is 0. The van der Waals surface area contributed by atoms with Gasteiger partial charge < -0.3 is 5.32 Å². The molecule has 3 rings (SSSR count). The van der Waals surface area contributed by atoms with Crippen molar-refractivity contribution in [2.75, 3.05) is 13.6 Å². The monoisotopic (exact) mass is 333 g/mol. The highest BCUT2D eigenvalue weighted by atomic mass is 31.2. The lowest BCUT2D eigenvalue weighted by atomic mass is 10.4. The molecule has 0 aromatic heterocycles. The van der Waals surface area contributed by atoms with Crippen molar-refractivity contribution in [3.8, 4) is 0 Å². The first-order valence-electron chi connectivity index (χ1n) is 8.42. The minimum Gasteiger partial charge on any atom is -0.319 e. The van der Waals surface area contributed by atoms with E-state index in [1.807, 2.05) is 7.05 Å². The summed E-state index contributed by atoms with van der Waals surface area (Å²) >= 11 is 0. The van der Waals surface area contributed by atoms with Gasteiger partial charge in [0.05, 0.1) is 0 Å². The zero-order valence-electron chi connectivity index (χ0n) is 14.1. The van der Waals surface area contributed by atoms with Crippen LogP contribution in [0.25, 0.3) is 0 Å². The molecule has 24 heavy (non-hydrogen) atoms. The second kappa shape index (κ2) is 8.15. The van der Waals surface area contributed by atoms with Crippen LogP contribution in [0.2, 0.25) is 0 Å². The van der Waals surface area contributed by atoms with Gasteiger partial charge in [0.25, 0.3) is 0 Å². The molecule has 0 atom stereocenters. The average Bonchev–Trinajstić information content (AvgIpc) is 2.68. The van der Waals surface area contributed by atoms with Gasteiger partial charge in [-0.1, -0.05) is 96.8 Å². The minimum atomic E-state index is -1.75. The summed E-state index contributed by atoms with van der Waals surface area (Å²) in [5.41, 5.74) is 0. The summed E-state index contributed by atoms with van der Waals surface area (Å²) in [6.07, 6.45) is 1.04. The molecule has 3 aromatic carbocycles. The van der Waals surface area contributed by atoms with Crippen molar-refractivity contribution in [3.63, 3.8) is 0 Å². The van der Waals surface area contributed by atoms with E-state index in [-0.39, 0.29) is 0 Å². The van der Waals surface area contributed by atoms with Crippen LogP contribution in [0.3, 0.4) is 0 Å². The molecule has 0 saturated carbocycles. The van der Waals surface area contributed by atoms with Crippen LogP contribution in [0, 0.1) is 0 Å². The van der Waals surface area contributed by atoms with Crippen molar-refractivity contribution >= 4 is 28.6 Å². The molecule has 0 amide bonds. The van der Waals surface area contributed by atoms with Gasteiger partial charge in [-0.15, -0.1) is 0 Å². The van der Waals surface area contributed by atoms with Gasteiger partial charge >= 0.3 is 0 Å².